The summed E-state index contributed by atoms with van der Waals surface area (Å²) in [7, 11) is 0. The molecule has 290 valence electrons. The van der Waals surface area contributed by atoms with Gasteiger partial charge in [-0.05, 0) is 101 Å². The fourth-order valence-electron chi connectivity index (χ4n) is 8.61. The number of benzene rings is 10. The third-order valence-electron chi connectivity index (χ3n) is 11.7. The van der Waals surface area contributed by atoms with Gasteiger partial charge in [0, 0.05) is 16.7 Å². The van der Waals surface area contributed by atoms with E-state index in [1.807, 2.05) is 18.2 Å². The van der Waals surface area contributed by atoms with Crippen LogP contribution in [-0.2, 0) is 0 Å². The van der Waals surface area contributed by atoms with E-state index in [0.717, 1.165) is 55.3 Å². The molecule has 62 heavy (non-hydrogen) atoms. The molecular weight excluding hydrogens is 751 g/mol. The lowest BCUT2D eigenvalue weighted by atomic mass is 9.89. The minimum absolute atomic E-state index is 0.623. The third kappa shape index (κ3) is 7.12. The van der Waals surface area contributed by atoms with Crippen molar-refractivity contribution in [2.75, 3.05) is 0 Å². The summed E-state index contributed by atoms with van der Waals surface area (Å²) in [5, 5.41) is 4.62. The fraction of sp³-hybridized carbons (Fsp3) is 0. The van der Waals surface area contributed by atoms with Gasteiger partial charge in [0.2, 0.25) is 0 Å². The highest BCUT2D eigenvalue weighted by Crippen LogP contribution is 2.41. The van der Waals surface area contributed by atoms with Crippen molar-refractivity contribution < 1.29 is 0 Å². The van der Waals surface area contributed by atoms with Crippen molar-refractivity contribution in [3.8, 4) is 89.8 Å². The Morgan fingerprint density at radius 3 is 1.18 bits per heavy atom. The van der Waals surface area contributed by atoms with Gasteiger partial charge in [0.25, 0.3) is 0 Å². The molecule has 0 radical (unpaired) electrons. The molecule has 0 N–H and O–H groups in total. The molecule has 0 aliphatic carbocycles. The largest absolute Gasteiger partial charge is 0.208 e. The first-order valence-electron chi connectivity index (χ1n) is 21.0. The van der Waals surface area contributed by atoms with Gasteiger partial charge in [0.15, 0.2) is 17.5 Å². The smallest absolute Gasteiger partial charge is 0.164 e. The lowest BCUT2D eigenvalue weighted by Gasteiger charge is -2.16. The number of hydrogen-bond donors (Lipinski definition) is 0. The Balaban J connectivity index is 1.06. The molecule has 3 heteroatoms. The molecular formula is C59H39N3. The Bertz CT molecular complexity index is 3310. The summed E-state index contributed by atoms with van der Waals surface area (Å²) in [5.41, 5.74) is 14.5. The van der Waals surface area contributed by atoms with Gasteiger partial charge in [-0.2, -0.15) is 0 Å². The van der Waals surface area contributed by atoms with Crippen LogP contribution in [0.25, 0.3) is 111 Å². The van der Waals surface area contributed by atoms with Crippen LogP contribution in [0, 0.1) is 0 Å². The monoisotopic (exact) mass is 789 g/mol. The molecule has 0 saturated heterocycles. The maximum atomic E-state index is 5.23. The number of fused-ring (bicyclic) bond motifs is 2. The van der Waals surface area contributed by atoms with Crippen LogP contribution in [0.15, 0.2) is 237 Å². The van der Waals surface area contributed by atoms with Crippen LogP contribution in [0.4, 0.5) is 0 Å². The molecule has 0 saturated carbocycles. The topological polar surface area (TPSA) is 38.7 Å². The highest BCUT2D eigenvalue weighted by molar-refractivity contribution is 6.02. The van der Waals surface area contributed by atoms with Crippen LogP contribution in [0.1, 0.15) is 0 Å². The first-order valence-corrected chi connectivity index (χ1v) is 21.0. The fourth-order valence-corrected chi connectivity index (χ4v) is 8.61. The van der Waals surface area contributed by atoms with Crippen LogP contribution in [0.2, 0.25) is 0 Å². The predicted molar refractivity (Wildman–Crippen MR) is 258 cm³/mol. The van der Waals surface area contributed by atoms with Gasteiger partial charge in [-0.15, -0.1) is 0 Å². The molecule has 11 rings (SSSR count). The van der Waals surface area contributed by atoms with Gasteiger partial charge in [-0.1, -0.05) is 212 Å². The first kappa shape index (κ1) is 36.8. The Morgan fingerprint density at radius 2 is 0.597 bits per heavy atom. The molecule has 0 aliphatic rings. The molecule has 0 spiro atoms. The van der Waals surface area contributed by atoms with E-state index in [4.69, 9.17) is 15.0 Å². The van der Waals surface area contributed by atoms with Gasteiger partial charge in [0.1, 0.15) is 0 Å². The van der Waals surface area contributed by atoms with E-state index in [1.165, 1.54) is 38.6 Å². The minimum Gasteiger partial charge on any atom is -0.208 e. The molecule has 0 unspecified atom stereocenters. The maximum Gasteiger partial charge on any atom is 0.164 e. The zero-order chi connectivity index (χ0) is 41.2. The molecule has 0 atom stereocenters. The third-order valence-corrected chi connectivity index (χ3v) is 11.7. The zero-order valence-corrected chi connectivity index (χ0v) is 33.9. The van der Waals surface area contributed by atoms with Crippen LogP contribution < -0.4 is 0 Å². The van der Waals surface area contributed by atoms with Crippen molar-refractivity contribution in [1.29, 1.82) is 0 Å². The van der Waals surface area contributed by atoms with Crippen LogP contribution >= 0.6 is 0 Å². The standard InChI is InChI=1S/C59H39N3/c1-4-16-40(17-5-1)48-36-49(41-18-6-2-7-19-41)38-50(37-48)42-30-32-45(33-31-42)53-35-34-47(39-56(53)54-28-14-24-43-20-10-12-26-51(43)54)58-60-57(46-22-8-3-9-23-46)61-59(62-58)55-29-15-25-44-21-11-13-27-52(44)55/h1-39H. The summed E-state index contributed by atoms with van der Waals surface area (Å²) in [6.45, 7) is 0. The normalized spacial score (nSPS) is 11.2. The predicted octanol–water partition coefficient (Wildman–Crippen LogP) is 15.5. The molecule has 0 aliphatic heterocycles. The van der Waals surface area contributed by atoms with E-state index in [2.05, 4.69) is 218 Å². The van der Waals surface area contributed by atoms with E-state index >= 15 is 0 Å². The Kier molecular flexibility index (Phi) is 9.53. The van der Waals surface area contributed by atoms with E-state index < -0.39 is 0 Å². The second-order valence-electron chi connectivity index (χ2n) is 15.6. The summed E-state index contributed by atoms with van der Waals surface area (Å²) < 4.78 is 0. The maximum absolute atomic E-state index is 5.23. The lowest BCUT2D eigenvalue weighted by molar-refractivity contribution is 1.08. The van der Waals surface area contributed by atoms with Crippen molar-refractivity contribution in [2.24, 2.45) is 0 Å². The molecule has 1 heterocycles. The van der Waals surface area contributed by atoms with Gasteiger partial charge >= 0.3 is 0 Å². The number of hydrogen-bond acceptors (Lipinski definition) is 3. The molecule has 0 bridgehead atoms. The van der Waals surface area contributed by atoms with Crippen molar-refractivity contribution in [3.05, 3.63) is 237 Å². The summed E-state index contributed by atoms with van der Waals surface area (Å²) in [6.07, 6.45) is 0. The molecule has 11 aromatic rings. The summed E-state index contributed by atoms with van der Waals surface area (Å²) in [5.74, 6) is 1.90. The van der Waals surface area contributed by atoms with Gasteiger partial charge < -0.3 is 0 Å². The first-order chi connectivity index (χ1) is 30.7. The summed E-state index contributed by atoms with van der Waals surface area (Å²) in [6, 6.07) is 83.9. The van der Waals surface area contributed by atoms with Crippen molar-refractivity contribution in [3.63, 3.8) is 0 Å². The molecule has 3 nitrogen and oxygen atoms in total. The van der Waals surface area contributed by atoms with E-state index in [-0.39, 0.29) is 0 Å². The molecule has 0 amide bonds. The molecule has 10 aromatic carbocycles. The zero-order valence-electron chi connectivity index (χ0n) is 33.9. The summed E-state index contributed by atoms with van der Waals surface area (Å²) in [4.78, 5) is 15.5. The van der Waals surface area contributed by atoms with E-state index in [0.29, 0.717) is 17.5 Å². The number of rotatable bonds is 8. The summed E-state index contributed by atoms with van der Waals surface area (Å²) >= 11 is 0. The molecule has 0 fully saturated rings. The number of nitrogens with zero attached hydrogens (tertiary/aromatic N) is 3. The van der Waals surface area contributed by atoms with E-state index in [1.54, 1.807) is 0 Å². The van der Waals surface area contributed by atoms with Crippen molar-refractivity contribution >= 4 is 21.5 Å². The van der Waals surface area contributed by atoms with E-state index in [9.17, 15) is 0 Å². The van der Waals surface area contributed by atoms with Crippen LogP contribution in [0.3, 0.4) is 0 Å². The van der Waals surface area contributed by atoms with Crippen LogP contribution in [0.5, 0.6) is 0 Å². The average Bonchev–Trinajstić information content (AvgIpc) is 3.36. The Labute approximate surface area is 361 Å². The lowest BCUT2D eigenvalue weighted by Crippen LogP contribution is -2.01. The Hall–Kier alpha value is -8.27. The van der Waals surface area contributed by atoms with Gasteiger partial charge in [-0.25, -0.2) is 15.0 Å². The van der Waals surface area contributed by atoms with Gasteiger partial charge in [-0.3, -0.25) is 0 Å². The molecule has 1 aromatic heterocycles. The quantitative estimate of drug-likeness (QED) is 0.154. The number of aromatic nitrogens is 3. The van der Waals surface area contributed by atoms with Crippen LogP contribution in [-0.4, -0.2) is 15.0 Å². The average molecular weight is 790 g/mol. The highest BCUT2D eigenvalue weighted by Gasteiger charge is 2.18. The second kappa shape index (κ2) is 16.1. The minimum atomic E-state index is 0.623. The van der Waals surface area contributed by atoms with Crippen molar-refractivity contribution in [2.45, 2.75) is 0 Å². The Morgan fingerprint density at radius 1 is 0.194 bits per heavy atom. The highest BCUT2D eigenvalue weighted by atomic mass is 15.0. The van der Waals surface area contributed by atoms with Gasteiger partial charge in [0.05, 0.1) is 0 Å². The van der Waals surface area contributed by atoms with Crippen molar-refractivity contribution in [1.82, 2.24) is 15.0 Å². The SMILES string of the molecule is c1ccc(-c2cc(-c3ccccc3)cc(-c3ccc(-c4ccc(-c5nc(-c6ccccc6)nc(-c6cccc7ccccc67)n5)cc4-c4cccc5ccccc45)cc3)c2)cc1. The second-order valence-corrected chi connectivity index (χ2v) is 15.6.